The minimum Gasteiger partial charge on any atom is -0.466 e. The molecule has 3 N–H and O–H groups in total. The number of aromatic amines is 1. The number of amides is 2. The second-order valence-corrected chi connectivity index (χ2v) is 12.8. The molecule has 1 aromatic heterocycles. The lowest BCUT2D eigenvalue weighted by Crippen LogP contribution is -2.41. The molecule has 3 aromatic rings. The van der Waals surface area contributed by atoms with Gasteiger partial charge in [0.1, 0.15) is 5.60 Å². The van der Waals surface area contributed by atoms with Gasteiger partial charge in [0, 0.05) is 35.6 Å². The van der Waals surface area contributed by atoms with Gasteiger partial charge in [-0.1, -0.05) is 28.1 Å². The van der Waals surface area contributed by atoms with Gasteiger partial charge in [-0.25, -0.2) is 4.79 Å². The van der Waals surface area contributed by atoms with Crippen LogP contribution in [-0.4, -0.2) is 39.7 Å². The molecule has 11 nitrogen and oxygen atoms in total. The van der Waals surface area contributed by atoms with E-state index < -0.39 is 28.9 Å². The van der Waals surface area contributed by atoms with Gasteiger partial charge in [0.05, 0.1) is 17.6 Å². The molecule has 0 spiro atoms. The summed E-state index contributed by atoms with van der Waals surface area (Å²) in [6, 6.07) is 8.72. The Morgan fingerprint density at radius 3 is 2.61 bits per heavy atom. The highest BCUT2D eigenvalue weighted by Gasteiger charge is 2.27. The van der Waals surface area contributed by atoms with Crippen molar-refractivity contribution in [3.8, 4) is 0 Å². The van der Waals surface area contributed by atoms with Crippen molar-refractivity contribution in [1.82, 2.24) is 14.9 Å². The first-order valence-corrected chi connectivity index (χ1v) is 15.6. The largest absolute Gasteiger partial charge is 0.466 e. The summed E-state index contributed by atoms with van der Waals surface area (Å²) in [5, 5.41) is 5.75. The molecule has 1 atom stereocenters. The number of rotatable bonds is 11. The minimum absolute atomic E-state index is 0.0121. The van der Waals surface area contributed by atoms with Crippen molar-refractivity contribution in [3.05, 3.63) is 72.2 Å². The maximum Gasteiger partial charge on any atom is 0.407 e. The standard InChI is InChI=1S/C32H39BrN4O7/c1-5-43-27(39)9-7-6-8-20-14-19(18-34-31(42)44-32(2,3)4)10-13-24(20)35-26(38)17-23-12-11-21-15-22(33)16-25-28(21)37(23)30(41)29(40)36-25/h10,13-16,23H,5-9,11-12,17-18H2,1-4H3,(H,34,42)(H,35,38)(H,36,40)/t23-/m0/s1. The summed E-state index contributed by atoms with van der Waals surface area (Å²) >= 11 is 3.46. The molecule has 0 bridgehead atoms. The number of anilines is 1. The number of esters is 1. The number of alkyl carbamates (subject to hydrolysis) is 1. The fourth-order valence-corrected chi connectivity index (χ4v) is 5.92. The first-order valence-electron chi connectivity index (χ1n) is 14.9. The van der Waals surface area contributed by atoms with Gasteiger partial charge >= 0.3 is 23.2 Å². The number of nitrogens with zero attached hydrogens (tertiary/aromatic N) is 1. The topological polar surface area (TPSA) is 149 Å². The van der Waals surface area contributed by atoms with Crippen LogP contribution in [0.1, 0.15) is 82.5 Å². The van der Waals surface area contributed by atoms with Crippen LogP contribution in [0.5, 0.6) is 0 Å². The Labute approximate surface area is 263 Å². The lowest BCUT2D eigenvalue weighted by molar-refractivity contribution is -0.143. The number of unbranched alkanes of at least 4 members (excludes halogenated alkanes) is 1. The Morgan fingerprint density at radius 2 is 1.89 bits per heavy atom. The van der Waals surface area contributed by atoms with Crippen molar-refractivity contribution >= 4 is 50.6 Å². The molecule has 12 heteroatoms. The van der Waals surface area contributed by atoms with Crippen molar-refractivity contribution in [2.45, 2.75) is 90.8 Å². The number of hydrogen-bond acceptors (Lipinski definition) is 7. The van der Waals surface area contributed by atoms with Crippen LogP contribution < -0.4 is 21.8 Å². The molecular formula is C32H39BrN4O7. The van der Waals surface area contributed by atoms with Gasteiger partial charge in [-0.3, -0.25) is 23.7 Å². The number of ether oxygens (including phenoxy) is 2. The molecule has 0 aliphatic carbocycles. The highest BCUT2D eigenvalue weighted by Crippen LogP contribution is 2.32. The number of hydrogen-bond donors (Lipinski definition) is 3. The molecule has 1 aliphatic rings. The highest BCUT2D eigenvalue weighted by atomic mass is 79.9. The molecule has 0 unspecified atom stereocenters. The van der Waals surface area contributed by atoms with E-state index in [1.165, 1.54) is 4.57 Å². The predicted octanol–water partition coefficient (Wildman–Crippen LogP) is 5.27. The van der Waals surface area contributed by atoms with Crippen LogP contribution in [0.3, 0.4) is 0 Å². The van der Waals surface area contributed by atoms with Gasteiger partial charge in [-0.2, -0.15) is 0 Å². The summed E-state index contributed by atoms with van der Waals surface area (Å²) in [7, 11) is 0. The molecule has 4 rings (SSSR count). The number of aromatic nitrogens is 2. The second-order valence-electron chi connectivity index (χ2n) is 11.9. The normalized spacial score (nSPS) is 14.2. The van der Waals surface area contributed by atoms with Crippen molar-refractivity contribution < 1.29 is 23.9 Å². The third-order valence-electron chi connectivity index (χ3n) is 7.25. The summed E-state index contributed by atoms with van der Waals surface area (Å²) in [5.74, 6) is -0.537. The summed E-state index contributed by atoms with van der Waals surface area (Å²) in [5.41, 5.74) is 2.37. The first kappa shape index (κ1) is 33.0. The molecule has 0 radical (unpaired) electrons. The maximum absolute atomic E-state index is 13.4. The summed E-state index contributed by atoms with van der Waals surface area (Å²) < 4.78 is 12.6. The molecular weight excluding hydrogens is 632 g/mol. The third-order valence-corrected chi connectivity index (χ3v) is 7.71. The lowest BCUT2D eigenvalue weighted by atomic mass is 9.96. The zero-order chi connectivity index (χ0) is 32.0. The highest BCUT2D eigenvalue weighted by molar-refractivity contribution is 9.10. The first-order chi connectivity index (χ1) is 20.8. The zero-order valence-electron chi connectivity index (χ0n) is 25.5. The number of nitrogens with one attached hydrogen (secondary N) is 3. The molecule has 2 heterocycles. The van der Waals surface area contributed by atoms with Crippen LogP contribution in [0.15, 0.2) is 44.4 Å². The van der Waals surface area contributed by atoms with Crippen LogP contribution in [0.4, 0.5) is 10.5 Å². The number of H-pyrrole nitrogens is 1. The molecule has 0 saturated carbocycles. The molecule has 2 aromatic carbocycles. The Hall–Kier alpha value is -3.93. The van der Waals surface area contributed by atoms with E-state index >= 15 is 0 Å². The van der Waals surface area contributed by atoms with E-state index in [-0.39, 0.29) is 24.8 Å². The average molecular weight is 672 g/mol. The SMILES string of the molecule is CCOC(=O)CCCCc1cc(CNC(=O)OC(C)(C)C)ccc1NC(=O)C[C@@H]1CCc2cc(Br)cc3[nH]c(=O)c(=O)n1c23. The summed E-state index contributed by atoms with van der Waals surface area (Å²) in [4.78, 5) is 65.4. The number of halogens is 1. The average Bonchev–Trinajstić information content (AvgIpc) is 2.93. The molecule has 0 saturated heterocycles. The lowest BCUT2D eigenvalue weighted by Gasteiger charge is -2.27. The van der Waals surface area contributed by atoms with Crippen LogP contribution in [0.25, 0.3) is 11.0 Å². The van der Waals surface area contributed by atoms with E-state index in [2.05, 4.69) is 31.5 Å². The van der Waals surface area contributed by atoms with Crippen molar-refractivity contribution in [3.63, 3.8) is 0 Å². The van der Waals surface area contributed by atoms with Gasteiger partial charge in [0.25, 0.3) is 0 Å². The second kappa shape index (κ2) is 14.2. The van der Waals surface area contributed by atoms with Gasteiger partial charge in [0.15, 0.2) is 0 Å². The van der Waals surface area contributed by atoms with Gasteiger partial charge in [-0.15, -0.1) is 0 Å². The number of benzene rings is 2. The van der Waals surface area contributed by atoms with Gasteiger partial charge < -0.3 is 25.1 Å². The Balaban J connectivity index is 1.51. The Bertz CT molecular complexity index is 1670. The van der Waals surface area contributed by atoms with E-state index in [0.29, 0.717) is 61.9 Å². The van der Waals surface area contributed by atoms with Crippen molar-refractivity contribution in [2.24, 2.45) is 0 Å². The predicted molar refractivity (Wildman–Crippen MR) is 171 cm³/mol. The van der Waals surface area contributed by atoms with Crippen LogP contribution >= 0.6 is 15.9 Å². The summed E-state index contributed by atoms with van der Waals surface area (Å²) in [6.45, 7) is 7.71. The fraction of sp³-hybridized carbons (Fsp3) is 0.469. The van der Waals surface area contributed by atoms with Gasteiger partial charge in [-0.05, 0) is 94.7 Å². The van der Waals surface area contributed by atoms with Gasteiger partial charge in [0.2, 0.25) is 5.91 Å². The van der Waals surface area contributed by atoms with Crippen molar-refractivity contribution in [1.29, 1.82) is 0 Å². The van der Waals surface area contributed by atoms with Crippen molar-refractivity contribution in [2.75, 3.05) is 11.9 Å². The van der Waals surface area contributed by atoms with E-state index in [4.69, 9.17) is 9.47 Å². The smallest absolute Gasteiger partial charge is 0.407 e. The Morgan fingerprint density at radius 1 is 1.11 bits per heavy atom. The fourth-order valence-electron chi connectivity index (χ4n) is 5.41. The van der Waals surface area contributed by atoms with Crippen LogP contribution in [0.2, 0.25) is 0 Å². The van der Waals surface area contributed by atoms with E-state index in [1.807, 2.05) is 18.2 Å². The molecule has 44 heavy (non-hydrogen) atoms. The molecule has 236 valence electrons. The van der Waals surface area contributed by atoms with E-state index in [9.17, 15) is 24.0 Å². The molecule has 2 amide bonds. The monoisotopic (exact) mass is 670 g/mol. The number of carbonyl (C=O) groups is 3. The maximum atomic E-state index is 13.4. The molecule has 0 fully saturated rings. The summed E-state index contributed by atoms with van der Waals surface area (Å²) in [6.07, 6.45) is 2.85. The molecule has 1 aliphatic heterocycles. The van der Waals surface area contributed by atoms with Crippen LogP contribution in [0, 0.1) is 0 Å². The minimum atomic E-state index is -0.727. The number of aryl methyl sites for hydroxylation is 2. The Kier molecular flexibility index (Phi) is 10.7. The zero-order valence-corrected chi connectivity index (χ0v) is 27.1. The number of carbonyl (C=O) groups excluding carboxylic acids is 3. The van der Waals surface area contributed by atoms with Crippen LogP contribution in [-0.2, 0) is 38.4 Å². The van der Waals surface area contributed by atoms with E-state index in [0.717, 1.165) is 21.2 Å². The van der Waals surface area contributed by atoms with E-state index in [1.54, 1.807) is 39.8 Å². The quantitative estimate of drug-likeness (QED) is 0.143. The third kappa shape index (κ3) is 8.58.